The van der Waals surface area contributed by atoms with E-state index < -0.39 is 26.1 Å². The summed E-state index contributed by atoms with van der Waals surface area (Å²) in [5.41, 5.74) is 0. The van der Waals surface area contributed by atoms with Gasteiger partial charge >= 0.3 is 13.8 Å². The zero-order valence-corrected chi connectivity index (χ0v) is 21.7. The average Bonchev–Trinajstić information content (AvgIpc) is 2.76. The predicted octanol–water partition coefficient (Wildman–Crippen LogP) is 6.61. The second-order valence-corrected chi connectivity index (χ2v) is 10.2. The predicted molar refractivity (Wildman–Crippen MR) is 131 cm³/mol. The van der Waals surface area contributed by atoms with Crippen molar-refractivity contribution in [1.29, 1.82) is 0 Å². The summed E-state index contributed by atoms with van der Waals surface area (Å²) in [5.74, 6) is -0.360. The normalized spacial score (nSPS) is 21.5. The van der Waals surface area contributed by atoms with Crippen LogP contribution < -0.4 is 0 Å². The first-order valence-corrected chi connectivity index (χ1v) is 14.6. The molecule has 1 aliphatic heterocycles. The Hall–Kier alpha value is -0.720. The summed E-state index contributed by atoms with van der Waals surface area (Å²) in [6, 6.07) is 0. The highest BCUT2D eigenvalue weighted by atomic mass is 31.2. The fourth-order valence-electron chi connectivity index (χ4n) is 4.18. The summed E-state index contributed by atoms with van der Waals surface area (Å²) in [5, 5.41) is 0. The number of hydrogen-bond acceptors (Lipinski definition) is 5. The Balaban J connectivity index is 2.10. The Morgan fingerprint density at radius 2 is 1.52 bits per heavy atom. The monoisotopic (exact) mass is 490 g/mol. The number of unbranched alkanes of at least 4 members (excludes halogenated alkanes) is 11. The second-order valence-electron chi connectivity index (χ2n) is 9.03. The van der Waals surface area contributed by atoms with Gasteiger partial charge in [-0.05, 0) is 38.5 Å². The van der Waals surface area contributed by atoms with Crippen LogP contribution >= 0.6 is 7.82 Å². The van der Waals surface area contributed by atoms with Gasteiger partial charge in [0.1, 0.15) is 6.10 Å². The SMILES string of the molecule is CCCCCCCC/C=C/CCCCCCCC(=O)O[C@H]1[C@@H](OP(=O)(O)O)CCO[C@@H]1CC. The van der Waals surface area contributed by atoms with Crippen molar-refractivity contribution in [1.82, 2.24) is 0 Å². The molecule has 194 valence electrons. The Kier molecular flexibility index (Phi) is 17.1. The van der Waals surface area contributed by atoms with E-state index in [1.165, 1.54) is 51.4 Å². The minimum atomic E-state index is -4.66. The molecule has 8 heteroatoms. The third kappa shape index (κ3) is 15.7. The van der Waals surface area contributed by atoms with E-state index in [0.717, 1.165) is 32.1 Å². The zero-order valence-electron chi connectivity index (χ0n) is 20.8. The molecular weight excluding hydrogens is 443 g/mol. The molecule has 0 radical (unpaired) electrons. The van der Waals surface area contributed by atoms with Crippen LogP contribution in [0.1, 0.15) is 117 Å². The minimum Gasteiger partial charge on any atom is -0.457 e. The van der Waals surface area contributed by atoms with Crippen molar-refractivity contribution < 1.29 is 33.1 Å². The summed E-state index contributed by atoms with van der Waals surface area (Å²) in [6.45, 7) is 4.46. The quantitative estimate of drug-likeness (QED) is 0.0908. The molecule has 2 N–H and O–H groups in total. The van der Waals surface area contributed by atoms with Gasteiger partial charge in [0.05, 0.1) is 6.10 Å². The average molecular weight is 491 g/mol. The highest BCUT2D eigenvalue weighted by Gasteiger charge is 2.40. The van der Waals surface area contributed by atoms with Crippen LogP contribution in [0.4, 0.5) is 0 Å². The van der Waals surface area contributed by atoms with Gasteiger partial charge in [-0.1, -0.05) is 77.4 Å². The van der Waals surface area contributed by atoms with Gasteiger partial charge in [0.15, 0.2) is 6.10 Å². The molecule has 0 bridgehead atoms. The van der Waals surface area contributed by atoms with E-state index >= 15 is 0 Å². The number of rotatable bonds is 19. The van der Waals surface area contributed by atoms with E-state index in [1.54, 1.807) is 0 Å². The lowest BCUT2D eigenvalue weighted by Crippen LogP contribution is -2.47. The largest absolute Gasteiger partial charge is 0.469 e. The molecule has 0 aliphatic carbocycles. The molecule has 1 heterocycles. The fraction of sp³-hybridized carbons (Fsp3) is 0.880. The third-order valence-electron chi connectivity index (χ3n) is 6.05. The summed E-state index contributed by atoms with van der Waals surface area (Å²) in [4.78, 5) is 30.6. The molecule has 0 saturated carbocycles. The highest BCUT2D eigenvalue weighted by molar-refractivity contribution is 7.46. The molecule has 0 aromatic carbocycles. The first-order valence-electron chi connectivity index (χ1n) is 13.1. The Bertz CT molecular complexity index is 575. The van der Waals surface area contributed by atoms with Crippen LogP contribution in [0, 0.1) is 0 Å². The molecule has 0 amide bonds. The Labute approximate surface area is 200 Å². The van der Waals surface area contributed by atoms with E-state index in [4.69, 9.17) is 23.8 Å². The summed E-state index contributed by atoms with van der Waals surface area (Å²) in [7, 11) is -4.66. The molecule has 33 heavy (non-hydrogen) atoms. The zero-order chi connectivity index (χ0) is 24.4. The van der Waals surface area contributed by atoms with Crippen molar-refractivity contribution in [3.8, 4) is 0 Å². The van der Waals surface area contributed by atoms with Crippen molar-refractivity contribution in [3.63, 3.8) is 0 Å². The lowest BCUT2D eigenvalue weighted by molar-refractivity contribution is -0.181. The molecule has 3 atom stereocenters. The van der Waals surface area contributed by atoms with Crippen molar-refractivity contribution in [3.05, 3.63) is 12.2 Å². The molecule has 1 aliphatic rings. The van der Waals surface area contributed by atoms with Gasteiger partial charge in [-0.15, -0.1) is 0 Å². The van der Waals surface area contributed by atoms with Crippen LogP contribution in [0.25, 0.3) is 0 Å². The van der Waals surface area contributed by atoms with Crippen LogP contribution in [-0.2, 0) is 23.4 Å². The number of ether oxygens (including phenoxy) is 2. The van der Waals surface area contributed by atoms with Crippen molar-refractivity contribution in [2.24, 2.45) is 0 Å². The maximum Gasteiger partial charge on any atom is 0.469 e. The van der Waals surface area contributed by atoms with Gasteiger partial charge in [0.25, 0.3) is 0 Å². The number of carbonyl (C=O) groups excluding carboxylic acids is 1. The molecular formula is C25H47O7P. The maximum atomic E-state index is 12.3. The van der Waals surface area contributed by atoms with Crippen LogP contribution in [0.2, 0.25) is 0 Å². The van der Waals surface area contributed by atoms with Gasteiger partial charge in [0.2, 0.25) is 0 Å². The number of hydrogen-bond donors (Lipinski definition) is 2. The van der Waals surface area contributed by atoms with Crippen molar-refractivity contribution in [2.75, 3.05) is 6.61 Å². The second kappa shape index (κ2) is 18.6. The fourth-order valence-corrected chi connectivity index (χ4v) is 4.75. The topological polar surface area (TPSA) is 102 Å². The van der Waals surface area contributed by atoms with Crippen molar-refractivity contribution >= 4 is 13.8 Å². The lowest BCUT2D eigenvalue weighted by atomic mass is 10.0. The number of allylic oxidation sites excluding steroid dienone is 2. The maximum absolute atomic E-state index is 12.3. The van der Waals surface area contributed by atoms with Gasteiger partial charge in [0, 0.05) is 19.4 Å². The van der Waals surface area contributed by atoms with Gasteiger partial charge in [-0.3, -0.25) is 9.32 Å². The first kappa shape index (κ1) is 30.3. The molecule has 0 spiro atoms. The Morgan fingerprint density at radius 3 is 2.09 bits per heavy atom. The lowest BCUT2D eigenvalue weighted by Gasteiger charge is -2.36. The first-order chi connectivity index (χ1) is 15.9. The van der Waals surface area contributed by atoms with Crippen LogP contribution in [-0.4, -0.2) is 40.7 Å². The Morgan fingerprint density at radius 1 is 0.939 bits per heavy atom. The van der Waals surface area contributed by atoms with Gasteiger partial charge < -0.3 is 19.3 Å². The van der Waals surface area contributed by atoms with Crippen LogP contribution in [0.15, 0.2) is 12.2 Å². The molecule has 1 saturated heterocycles. The van der Waals surface area contributed by atoms with E-state index in [2.05, 4.69) is 19.1 Å². The standard InChI is InChI=1S/C25H47O7P/c1-3-5-6-7-8-9-10-11-12-13-14-15-16-17-18-19-24(26)31-25-22(4-2)30-21-20-23(25)32-33(27,28)29/h11-12,22-23,25H,3-10,13-21H2,1-2H3,(H2,27,28,29)/b12-11+/t22-,23+,25-/m1/s1. The van der Waals surface area contributed by atoms with Crippen LogP contribution in [0.5, 0.6) is 0 Å². The molecule has 0 unspecified atom stereocenters. The van der Waals surface area contributed by atoms with Crippen molar-refractivity contribution in [2.45, 2.75) is 135 Å². The summed E-state index contributed by atoms with van der Waals surface area (Å²) in [6.07, 6.45) is 19.2. The number of phosphoric acid groups is 1. The molecule has 0 aromatic heterocycles. The third-order valence-corrected chi connectivity index (χ3v) is 6.60. The van der Waals surface area contributed by atoms with Crippen LogP contribution in [0.3, 0.4) is 0 Å². The van der Waals surface area contributed by atoms with E-state index in [-0.39, 0.29) is 12.4 Å². The smallest absolute Gasteiger partial charge is 0.457 e. The van der Waals surface area contributed by atoms with E-state index in [0.29, 0.717) is 19.4 Å². The number of esters is 1. The minimum absolute atomic E-state index is 0.285. The molecule has 1 fully saturated rings. The number of carbonyl (C=O) groups is 1. The molecule has 0 aromatic rings. The molecule has 1 rings (SSSR count). The number of phosphoric ester groups is 1. The summed E-state index contributed by atoms with van der Waals surface area (Å²) >= 11 is 0. The van der Waals surface area contributed by atoms with Gasteiger partial charge in [-0.25, -0.2) is 4.57 Å². The molecule has 7 nitrogen and oxygen atoms in total. The van der Waals surface area contributed by atoms with E-state index in [1.807, 2.05) is 6.92 Å². The van der Waals surface area contributed by atoms with Gasteiger partial charge in [-0.2, -0.15) is 0 Å². The van der Waals surface area contributed by atoms with E-state index in [9.17, 15) is 9.36 Å². The summed E-state index contributed by atoms with van der Waals surface area (Å²) < 4.78 is 27.2. The highest BCUT2D eigenvalue weighted by Crippen LogP contribution is 2.41.